The number of Topliss-reactive ketones (excluding diaryl/α,β-unsaturated/α-hetero) is 1. The normalized spacial score (nSPS) is 17.1. The van der Waals surface area contributed by atoms with Gasteiger partial charge in [-0.2, -0.15) is 0 Å². The number of nitrogens with zero attached hydrogens (tertiary/aromatic N) is 3. The first-order valence-electron chi connectivity index (χ1n) is 11.6. The number of hydrogen-bond acceptors (Lipinski definition) is 6. The van der Waals surface area contributed by atoms with E-state index in [4.69, 9.17) is 9.47 Å². The molecule has 0 radical (unpaired) electrons. The van der Waals surface area contributed by atoms with Gasteiger partial charge in [-0.05, 0) is 42.7 Å². The number of benzene rings is 2. The van der Waals surface area contributed by atoms with E-state index in [1.54, 1.807) is 36.8 Å². The van der Waals surface area contributed by atoms with Crippen molar-refractivity contribution in [3.8, 4) is 11.5 Å². The van der Waals surface area contributed by atoms with Crippen LogP contribution < -0.4 is 9.47 Å². The molecule has 8 heteroatoms. The van der Waals surface area contributed by atoms with Gasteiger partial charge in [0.1, 0.15) is 17.3 Å². The first-order valence-corrected chi connectivity index (χ1v) is 11.6. The molecule has 1 saturated heterocycles. The van der Waals surface area contributed by atoms with Crippen molar-refractivity contribution in [3.05, 3.63) is 84.0 Å². The molecule has 3 aromatic rings. The van der Waals surface area contributed by atoms with Gasteiger partial charge >= 0.3 is 0 Å². The van der Waals surface area contributed by atoms with Crippen LogP contribution in [0, 0.1) is 0 Å². The summed E-state index contributed by atoms with van der Waals surface area (Å²) in [6, 6.07) is 13.4. The molecule has 2 aromatic carbocycles. The fourth-order valence-electron chi connectivity index (χ4n) is 4.19. The van der Waals surface area contributed by atoms with Crippen molar-refractivity contribution in [2.45, 2.75) is 32.4 Å². The van der Waals surface area contributed by atoms with Crippen LogP contribution in [0.15, 0.2) is 72.8 Å². The van der Waals surface area contributed by atoms with Crippen LogP contribution in [-0.4, -0.2) is 51.5 Å². The third kappa shape index (κ3) is 5.21. The Kier molecular flexibility index (Phi) is 7.50. The van der Waals surface area contributed by atoms with Crippen LogP contribution in [-0.2, 0) is 16.1 Å². The van der Waals surface area contributed by atoms with Crippen molar-refractivity contribution in [2.75, 3.05) is 20.3 Å². The molecule has 1 unspecified atom stereocenters. The van der Waals surface area contributed by atoms with E-state index in [2.05, 4.69) is 4.98 Å². The maximum atomic E-state index is 13.2. The number of ether oxygens (including phenoxy) is 2. The zero-order valence-electron chi connectivity index (χ0n) is 19.9. The number of rotatable bonds is 10. The highest BCUT2D eigenvalue weighted by Crippen LogP contribution is 2.40. The van der Waals surface area contributed by atoms with Gasteiger partial charge in [-0.1, -0.05) is 31.2 Å². The van der Waals surface area contributed by atoms with Gasteiger partial charge in [0.2, 0.25) is 0 Å². The molecule has 2 heterocycles. The number of aryl methyl sites for hydroxylation is 1. The zero-order chi connectivity index (χ0) is 24.8. The van der Waals surface area contributed by atoms with Gasteiger partial charge in [-0.3, -0.25) is 9.59 Å². The SMILES string of the molecule is CCCOc1ccc(C2/C(=C(\O)c3cccc(OC)c3)C(=O)C(=O)N2CCCn2ccnc2)cc1. The molecule has 1 aliphatic rings. The summed E-state index contributed by atoms with van der Waals surface area (Å²) in [5, 5.41) is 11.2. The molecule has 182 valence electrons. The topological polar surface area (TPSA) is 93.9 Å². The summed E-state index contributed by atoms with van der Waals surface area (Å²) in [6.07, 6.45) is 6.77. The summed E-state index contributed by atoms with van der Waals surface area (Å²) in [7, 11) is 1.53. The lowest BCUT2D eigenvalue weighted by Gasteiger charge is -2.25. The number of aliphatic hydroxyl groups is 1. The average Bonchev–Trinajstić information content (AvgIpc) is 3.50. The van der Waals surface area contributed by atoms with Crippen LogP contribution in [0.3, 0.4) is 0 Å². The lowest BCUT2D eigenvalue weighted by Crippen LogP contribution is -2.31. The number of carbonyl (C=O) groups excluding carboxylic acids is 2. The quantitative estimate of drug-likeness (QED) is 0.268. The second-order valence-corrected chi connectivity index (χ2v) is 8.30. The number of hydrogen-bond donors (Lipinski definition) is 1. The first-order chi connectivity index (χ1) is 17.0. The minimum absolute atomic E-state index is 0.0631. The Morgan fingerprint density at radius 2 is 1.89 bits per heavy atom. The molecule has 1 fully saturated rings. The van der Waals surface area contributed by atoms with Crippen molar-refractivity contribution in [2.24, 2.45) is 0 Å². The summed E-state index contributed by atoms with van der Waals surface area (Å²) >= 11 is 0. The molecule has 1 atom stereocenters. The second-order valence-electron chi connectivity index (χ2n) is 8.30. The molecule has 1 aliphatic heterocycles. The smallest absolute Gasteiger partial charge is 0.295 e. The van der Waals surface area contributed by atoms with Crippen LogP contribution in [0.4, 0.5) is 0 Å². The van der Waals surface area contributed by atoms with E-state index in [0.29, 0.717) is 43.2 Å². The molecule has 4 rings (SSSR count). The Hall–Kier alpha value is -4.07. The van der Waals surface area contributed by atoms with Gasteiger partial charge in [0, 0.05) is 31.0 Å². The number of likely N-dealkylation sites (tertiary alicyclic amines) is 1. The molecule has 0 saturated carbocycles. The Bertz CT molecular complexity index is 1200. The van der Waals surface area contributed by atoms with Crippen molar-refractivity contribution < 1.29 is 24.2 Å². The highest BCUT2D eigenvalue weighted by molar-refractivity contribution is 6.46. The van der Waals surface area contributed by atoms with E-state index in [-0.39, 0.29) is 11.3 Å². The fourth-order valence-corrected chi connectivity index (χ4v) is 4.19. The van der Waals surface area contributed by atoms with E-state index in [0.717, 1.165) is 12.0 Å². The van der Waals surface area contributed by atoms with E-state index >= 15 is 0 Å². The molecule has 0 bridgehead atoms. The van der Waals surface area contributed by atoms with Crippen molar-refractivity contribution >= 4 is 17.4 Å². The van der Waals surface area contributed by atoms with Gasteiger partial charge in [0.25, 0.3) is 11.7 Å². The number of amides is 1. The molecule has 35 heavy (non-hydrogen) atoms. The summed E-state index contributed by atoms with van der Waals surface area (Å²) < 4.78 is 12.9. The highest BCUT2D eigenvalue weighted by atomic mass is 16.5. The largest absolute Gasteiger partial charge is 0.507 e. The molecule has 0 aliphatic carbocycles. The third-order valence-corrected chi connectivity index (χ3v) is 5.93. The molecular formula is C27H29N3O5. The highest BCUT2D eigenvalue weighted by Gasteiger charge is 2.45. The van der Waals surface area contributed by atoms with Gasteiger partial charge in [-0.25, -0.2) is 4.98 Å². The molecule has 0 spiro atoms. The van der Waals surface area contributed by atoms with Crippen LogP contribution >= 0.6 is 0 Å². The maximum absolute atomic E-state index is 13.2. The minimum atomic E-state index is -0.718. The molecule has 1 N–H and O–H groups in total. The van der Waals surface area contributed by atoms with Crippen molar-refractivity contribution in [3.63, 3.8) is 0 Å². The Labute approximate surface area is 204 Å². The van der Waals surface area contributed by atoms with Crippen LogP contribution in [0.5, 0.6) is 11.5 Å². The van der Waals surface area contributed by atoms with Gasteiger partial charge in [0.15, 0.2) is 0 Å². The standard InChI is InChI=1S/C27H29N3O5/c1-3-16-35-21-10-8-19(9-11-21)24-23(25(31)20-6-4-7-22(17-20)34-2)26(32)27(33)30(24)14-5-13-29-15-12-28-18-29/h4,6-12,15,17-18,24,31H,3,5,13-14,16H2,1-2H3/b25-23+. The summed E-state index contributed by atoms with van der Waals surface area (Å²) in [4.78, 5) is 31.9. The van der Waals surface area contributed by atoms with Gasteiger partial charge in [0.05, 0.1) is 31.7 Å². The molecular weight excluding hydrogens is 446 g/mol. The number of aromatic nitrogens is 2. The van der Waals surface area contributed by atoms with Crippen LogP contribution in [0.1, 0.15) is 36.9 Å². The zero-order valence-corrected chi connectivity index (χ0v) is 19.9. The molecule has 1 aromatic heterocycles. The Balaban J connectivity index is 1.71. The van der Waals surface area contributed by atoms with E-state index in [9.17, 15) is 14.7 Å². The summed E-state index contributed by atoms with van der Waals surface area (Å²) in [5.74, 6) is -0.311. The second kappa shape index (κ2) is 10.9. The average molecular weight is 476 g/mol. The number of methoxy groups -OCH3 is 1. The van der Waals surface area contributed by atoms with Gasteiger partial charge < -0.3 is 24.0 Å². The van der Waals surface area contributed by atoms with E-state index < -0.39 is 17.7 Å². The number of imidazole rings is 1. The molecule has 1 amide bonds. The Morgan fingerprint density at radius 3 is 2.57 bits per heavy atom. The van der Waals surface area contributed by atoms with Crippen molar-refractivity contribution in [1.29, 1.82) is 0 Å². The first kappa shape index (κ1) is 24.1. The van der Waals surface area contributed by atoms with Crippen LogP contribution in [0.25, 0.3) is 5.76 Å². The number of ketones is 1. The van der Waals surface area contributed by atoms with E-state index in [1.807, 2.05) is 42.0 Å². The summed E-state index contributed by atoms with van der Waals surface area (Å²) in [6.45, 7) is 3.62. The lowest BCUT2D eigenvalue weighted by atomic mass is 9.95. The predicted molar refractivity (Wildman–Crippen MR) is 131 cm³/mol. The summed E-state index contributed by atoms with van der Waals surface area (Å²) in [5.41, 5.74) is 1.20. The van der Waals surface area contributed by atoms with Gasteiger partial charge in [-0.15, -0.1) is 0 Å². The minimum Gasteiger partial charge on any atom is -0.507 e. The van der Waals surface area contributed by atoms with E-state index in [1.165, 1.54) is 12.0 Å². The van der Waals surface area contributed by atoms with Crippen molar-refractivity contribution in [1.82, 2.24) is 14.5 Å². The Morgan fingerprint density at radius 1 is 1.09 bits per heavy atom. The lowest BCUT2D eigenvalue weighted by molar-refractivity contribution is -0.139. The predicted octanol–water partition coefficient (Wildman–Crippen LogP) is 4.19. The maximum Gasteiger partial charge on any atom is 0.295 e. The third-order valence-electron chi connectivity index (χ3n) is 5.93. The monoisotopic (exact) mass is 475 g/mol. The number of carbonyl (C=O) groups is 2. The molecule has 8 nitrogen and oxygen atoms in total. The van der Waals surface area contributed by atoms with Crippen LogP contribution in [0.2, 0.25) is 0 Å². The fraction of sp³-hybridized carbons (Fsp3) is 0.296. The number of aliphatic hydroxyl groups excluding tert-OH is 1.